The second kappa shape index (κ2) is 6.30. The summed E-state index contributed by atoms with van der Waals surface area (Å²) in [6.45, 7) is 2.71. The second-order valence-electron chi connectivity index (χ2n) is 6.88. The molecular formula is C16H29NO3. The lowest BCUT2D eigenvalue weighted by Gasteiger charge is -2.37. The van der Waals surface area contributed by atoms with Crippen LogP contribution in [0.2, 0.25) is 0 Å². The van der Waals surface area contributed by atoms with Gasteiger partial charge in [0.05, 0.1) is 24.9 Å². The molecule has 0 aromatic heterocycles. The third kappa shape index (κ3) is 3.19. The number of hydrogen-bond donors (Lipinski definition) is 1. The number of rotatable bonds is 4. The molecule has 0 amide bonds. The van der Waals surface area contributed by atoms with Gasteiger partial charge in [-0.15, -0.1) is 0 Å². The minimum atomic E-state index is -0.260. The predicted molar refractivity (Wildman–Crippen MR) is 77.7 cm³/mol. The summed E-state index contributed by atoms with van der Waals surface area (Å²) in [6, 6.07) is 0. The third-order valence-electron chi connectivity index (χ3n) is 5.34. The first-order valence-electron chi connectivity index (χ1n) is 8.36. The molecule has 3 fully saturated rings. The summed E-state index contributed by atoms with van der Waals surface area (Å²) in [7, 11) is 0. The Bertz CT molecular complexity index is 309. The molecule has 0 bridgehead atoms. The van der Waals surface area contributed by atoms with Gasteiger partial charge in [-0.2, -0.15) is 0 Å². The van der Waals surface area contributed by atoms with Crippen molar-refractivity contribution in [1.82, 2.24) is 0 Å². The largest absolute Gasteiger partial charge is 0.378 e. The van der Waals surface area contributed by atoms with Gasteiger partial charge in [0.1, 0.15) is 5.60 Å². The van der Waals surface area contributed by atoms with Crippen LogP contribution in [0.3, 0.4) is 0 Å². The SMILES string of the molecule is NCC1(OCC2CCC3(CCCCC3)O2)CCCOC1. The highest BCUT2D eigenvalue weighted by Gasteiger charge is 2.42. The second-order valence-corrected chi connectivity index (χ2v) is 6.88. The molecule has 0 aromatic carbocycles. The lowest BCUT2D eigenvalue weighted by atomic mass is 9.83. The van der Waals surface area contributed by atoms with Crippen molar-refractivity contribution in [2.24, 2.45) is 5.73 Å². The highest BCUT2D eigenvalue weighted by Crippen LogP contribution is 2.42. The Balaban J connectivity index is 1.49. The molecule has 116 valence electrons. The van der Waals surface area contributed by atoms with E-state index in [-0.39, 0.29) is 17.3 Å². The summed E-state index contributed by atoms with van der Waals surface area (Å²) >= 11 is 0. The molecule has 2 heterocycles. The van der Waals surface area contributed by atoms with Gasteiger partial charge >= 0.3 is 0 Å². The van der Waals surface area contributed by atoms with Crippen LogP contribution in [0, 0.1) is 0 Å². The maximum atomic E-state index is 6.36. The number of ether oxygens (including phenoxy) is 3. The Morgan fingerprint density at radius 1 is 1.05 bits per heavy atom. The Hall–Kier alpha value is -0.160. The maximum absolute atomic E-state index is 6.36. The number of nitrogens with two attached hydrogens (primary N) is 1. The number of hydrogen-bond acceptors (Lipinski definition) is 4. The van der Waals surface area contributed by atoms with E-state index >= 15 is 0 Å². The minimum absolute atomic E-state index is 0.186. The molecule has 1 saturated carbocycles. The van der Waals surface area contributed by atoms with Crippen LogP contribution in [0.5, 0.6) is 0 Å². The van der Waals surface area contributed by atoms with Gasteiger partial charge in [0, 0.05) is 13.2 Å². The van der Waals surface area contributed by atoms with E-state index in [1.54, 1.807) is 0 Å². The third-order valence-corrected chi connectivity index (χ3v) is 5.34. The molecule has 2 saturated heterocycles. The molecule has 1 spiro atoms. The molecule has 0 aromatic rings. The smallest absolute Gasteiger partial charge is 0.104 e. The fourth-order valence-corrected chi connectivity index (χ4v) is 4.01. The fraction of sp³-hybridized carbons (Fsp3) is 1.00. The van der Waals surface area contributed by atoms with Crippen molar-refractivity contribution in [2.45, 2.75) is 75.1 Å². The maximum Gasteiger partial charge on any atom is 0.104 e. The van der Waals surface area contributed by atoms with E-state index in [2.05, 4.69) is 0 Å². The molecule has 2 atom stereocenters. The van der Waals surface area contributed by atoms with Gasteiger partial charge in [0.25, 0.3) is 0 Å². The summed E-state index contributed by atoms with van der Waals surface area (Å²) in [5.41, 5.74) is 5.84. The van der Waals surface area contributed by atoms with Crippen molar-refractivity contribution in [3.05, 3.63) is 0 Å². The van der Waals surface area contributed by atoms with Crippen molar-refractivity contribution in [3.8, 4) is 0 Å². The van der Waals surface area contributed by atoms with Gasteiger partial charge in [-0.25, -0.2) is 0 Å². The first kappa shape index (κ1) is 14.8. The summed E-state index contributed by atoms with van der Waals surface area (Å²) in [6.07, 6.45) is 11.2. The summed E-state index contributed by atoms with van der Waals surface area (Å²) < 4.78 is 18.1. The van der Waals surface area contributed by atoms with Gasteiger partial charge in [0.15, 0.2) is 0 Å². The molecule has 2 aliphatic heterocycles. The molecule has 0 radical (unpaired) electrons. The van der Waals surface area contributed by atoms with E-state index in [4.69, 9.17) is 19.9 Å². The van der Waals surface area contributed by atoms with E-state index in [9.17, 15) is 0 Å². The molecule has 3 aliphatic rings. The van der Waals surface area contributed by atoms with Gasteiger partial charge in [-0.3, -0.25) is 0 Å². The highest BCUT2D eigenvalue weighted by molar-refractivity contribution is 4.92. The zero-order valence-electron chi connectivity index (χ0n) is 12.6. The minimum Gasteiger partial charge on any atom is -0.378 e. The van der Waals surface area contributed by atoms with Crippen molar-refractivity contribution < 1.29 is 14.2 Å². The summed E-state index contributed by atoms with van der Waals surface area (Å²) in [5, 5.41) is 0. The van der Waals surface area contributed by atoms with E-state index in [1.165, 1.54) is 38.5 Å². The van der Waals surface area contributed by atoms with Gasteiger partial charge in [0.2, 0.25) is 0 Å². The van der Waals surface area contributed by atoms with E-state index in [1.807, 2.05) is 0 Å². The van der Waals surface area contributed by atoms with Crippen LogP contribution in [0.4, 0.5) is 0 Å². The predicted octanol–water partition coefficient (Wildman–Crippen LogP) is 2.39. The first-order valence-corrected chi connectivity index (χ1v) is 8.36. The summed E-state index contributed by atoms with van der Waals surface area (Å²) in [4.78, 5) is 0. The van der Waals surface area contributed by atoms with Gasteiger partial charge < -0.3 is 19.9 Å². The van der Waals surface area contributed by atoms with Crippen LogP contribution in [0.15, 0.2) is 0 Å². The standard InChI is InChI=1S/C16H29NO3/c17-12-16(8-4-10-18-13-16)19-11-14-5-9-15(20-14)6-2-1-3-7-15/h14H,1-13,17H2. The van der Waals surface area contributed by atoms with E-state index in [0.717, 1.165) is 25.9 Å². The topological polar surface area (TPSA) is 53.7 Å². The zero-order chi connectivity index (χ0) is 13.9. The van der Waals surface area contributed by atoms with Crippen molar-refractivity contribution in [1.29, 1.82) is 0 Å². The average Bonchev–Trinajstić information content (AvgIpc) is 2.90. The molecule has 3 rings (SSSR count). The van der Waals surface area contributed by atoms with Crippen LogP contribution in [-0.4, -0.2) is 43.7 Å². The van der Waals surface area contributed by atoms with Crippen molar-refractivity contribution >= 4 is 0 Å². The molecular weight excluding hydrogens is 254 g/mol. The van der Waals surface area contributed by atoms with Crippen molar-refractivity contribution in [3.63, 3.8) is 0 Å². The molecule has 2 unspecified atom stereocenters. The van der Waals surface area contributed by atoms with E-state index in [0.29, 0.717) is 19.8 Å². The molecule has 2 N–H and O–H groups in total. The molecule has 1 aliphatic carbocycles. The Labute approximate surface area is 122 Å². The van der Waals surface area contributed by atoms with Gasteiger partial charge in [-0.1, -0.05) is 19.3 Å². The van der Waals surface area contributed by atoms with Crippen LogP contribution < -0.4 is 5.73 Å². The monoisotopic (exact) mass is 283 g/mol. The Morgan fingerprint density at radius 2 is 1.90 bits per heavy atom. The van der Waals surface area contributed by atoms with Crippen LogP contribution >= 0.6 is 0 Å². The van der Waals surface area contributed by atoms with E-state index < -0.39 is 0 Å². The zero-order valence-corrected chi connectivity index (χ0v) is 12.6. The van der Waals surface area contributed by atoms with Crippen LogP contribution in [0.1, 0.15) is 57.8 Å². The Morgan fingerprint density at radius 3 is 2.60 bits per heavy atom. The lowest BCUT2D eigenvalue weighted by molar-refractivity contribution is -0.157. The Kier molecular flexibility index (Phi) is 4.65. The quantitative estimate of drug-likeness (QED) is 0.861. The van der Waals surface area contributed by atoms with Gasteiger partial charge in [-0.05, 0) is 38.5 Å². The van der Waals surface area contributed by atoms with Crippen LogP contribution in [-0.2, 0) is 14.2 Å². The first-order chi connectivity index (χ1) is 9.76. The summed E-state index contributed by atoms with van der Waals surface area (Å²) in [5.74, 6) is 0. The lowest BCUT2D eigenvalue weighted by Crippen LogP contribution is -2.49. The van der Waals surface area contributed by atoms with Crippen LogP contribution in [0.25, 0.3) is 0 Å². The molecule has 20 heavy (non-hydrogen) atoms. The fourth-order valence-electron chi connectivity index (χ4n) is 4.01. The van der Waals surface area contributed by atoms with Crippen molar-refractivity contribution in [2.75, 3.05) is 26.4 Å². The highest BCUT2D eigenvalue weighted by atomic mass is 16.6. The average molecular weight is 283 g/mol. The normalized spacial score (nSPS) is 37.4. The molecule has 4 heteroatoms. The molecule has 4 nitrogen and oxygen atoms in total.